The van der Waals surface area contributed by atoms with Gasteiger partial charge in [0.05, 0.1) is 19.9 Å². The topological polar surface area (TPSA) is 71.4 Å². The van der Waals surface area contributed by atoms with Gasteiger partial charge in [-0.3, -0.25) is 0 Å². The summed E-state index contributed by atoms with van der Waals surface area (Å²) in [7, 11) is -0.329. The number of fused-ring (bicyclic) bond motifs is 2. The molecule has 8 heteroatoms. The number of methoxy groups -OCH3 is 2. The Morgan fingerprint density at radius 3 is 2.61 bits per heavy atom. The Balaban J connectivity index is 1.59. The van der Waals surface area contributed by atoms with Gasteiger partial charge in [0.1, 0.15) is 4.90 Å². The molecule has 2 aromatic rings. The van der Waals surface area contributed by atoms with Crippen LogP contribution in [0.25, 0.3) is 0 Å². The minimum atomic E-state index is -3.55. The molecule has 0 atom stereocenters. The van der Waals surface area contributed by atoms with E-state index in [2.05, 4.69) is 4.99 Å². The molecule has 0 spiro atoms. The fraction of sp³-hybridized carbons (Fsp3) is 0.350. The maximum Gasteiger partial charge on any atom is 0.268 e. The Morgan fingerprint density at radius 2 is 1.82 bits per heavy atom. The average molecular weight is 401 g/mol. The van der Waals surface area contributed by atoms with Crippen molar-refractivity contribution in [2.24, 2.45) is 4.99 Å². The van der Waals surface area contributed by atoms with Crippen LogP contribution in [0, 0.1) is 0 Å². The van der Waals surface area contributed by atoms with E-state index >= 15 is 0 Å². The number of nitrogens with zero attached hydrogens (tertiary/aromatic N) is 3. The monoisotopic (exact) mass is 401 g/mol. The lowest BCUT2D eigenvalue weighted by atomic mass is 10.1. The first kappa shape index (κ1) is 18.6. The number of hydrogen-bond acceptors (Lipinski definition) is 6. The van der Waals surface area contributed by atoms with Gasteiger partial charge in [-0.05, 0) is 42.7 Å². The van der Waals surface area contributed by atoms with E-state index in [1.807, 2.05) is 29.2 Å². The van der Waals surface area contributed by atoms with Gasteiger partial charge in [-0.2, -0.15) is 0 Å². The maximum atomic E-state index is 13.0. The minimum absolute atomic E-state index is 0.278. The van der Waals surface area contributed by atoms with Crippen LogP contribution >= 0.6 is 0 Å². The fourth-order valence-electron chi connectivity index (χ4n) is 3.62. The second-order valence-electron chi connectivity index (χ2n) is 6.74. The Labute approximate surface area is 165 Å². The van der Waals surface area contributed by atoms with Crippen LogP contribution < -0.4 is 9.47 Å². The smallest absolute Gasteiger partial charge is 0.268 e. The summed E-state index contributed by atoms with van der Waals surface area (Å²) in [5.41, 5.74) is 1.60. The van der Waals surface area contributed by atoms with E-state index in [1.54, 1.807) is 32.4 Å². The van der Waals surface area contributed by atoms with Crippen molar-refractivity contribution in [2.75, 3.05) is 33.9 Å². The highest BCUT2D eigenvalue weighted by Gasteiger charge is 2.38. The molecule has 4 rings (SSSR count). The normalized spacial score (nSPS) is 17.4. The number of para-hydroxylation sites is 1. The fourth-order valence-corrected chi connectivity index (χ4v) is 5.23. The molecular formula is C20H23N3O4S. The third kappa shape index (κ3) is 3.17. The van der Waals surface area contributed by atoms with Crippen molar-refractivity contribution in [1.29, 1.82) is 0 Å². The van der Waals surface area contributed by atoms with Crippen molar-refractivity contribution < 1.29 is 17.9 Å². The van der Waals surface area contributed by atoms with Crippen molar-refractivity contribution in [3.05, 3.63) is 48.0 Å². The van der Waals surface area contributed by atoms with Crippen LogP contribution in [0.2, 0.25) is 0 Å². The van der Waals surface area contributed by atoms with Crippen molar-refractivity contribution in [1.82, 2.24) is 9.21 Å². The molecule has 7 nitrogen and oxygen atoms in total. The van der Waals surface area contributed by atoms with Gasteiger partial charge >= 0.3 is 0 Å². The molecule has 0 aliphatic carbocycles. The summed E-state index contributed by atoms with van der Waals surface area (Å²) in [6.45, 7) is 1.91. The number of guanidine groups is 1. The number of aliphatic imine (C=N–C) groups is 1. The predicted octanol–water partition coefficient (Wildman–Crippen LogP) is 2.64. The zero-order valence-corrected chi connectivity index (χ0v) is 16.8. The van der Waals surface area contributed by atoms with Gasteiger partial charge in [-0.25, -0.2) is 17.7 Å². The van der Waals surface area contributed by atoms with E-state index in [0.717, 1.165) is 24.9 Å². The third-order valence-electron chi connectivity index (χ3n) is 5.07. The molecule has 0 bridgehead atoms. The van der Waals surface area contributed by atoms with Crippen LogP contribution in [0.5, 0.6) is 11.5 Å². The first-order chi connectivity index (χ1) is 13.5. The summed E-state index contributed by atoms with van der Waals surface area (Å²) < 4.78 is 38.1. The van der Waals surface area contributed by atoms with E-state index in [4.69, 9.17) is 9.47 Å². The third-order valence-corrected chi connectivity index (χ3v) is 6.89. The van der Waals surface area contributed by atoms with Gasteiger partial charge in [-0.1, -0.05) is 18.2 Å². The van der Waals surface area contributed by atoms with Crippen molar-refractivity contribution in [3.63, 3.8) is 0 Å². The van der Waals surface area contributed by atoms with Gasteiger partial charge in [0.15, 0.2) is 11.5 Å². The first-order valence-electron chi connectivity index (χ1n) is 9.21. The molecule has 2 heterocycles. The largest absolute Gasteiger partial charge is 0.493 e. The summed E-state index contributed by atoms with van der Waals surface area (Å²) in [5.74, 6) is 1.90. The van der Waals surface area contributed by atoms with Gasteiger partial charge in [0, 0.05) is 19.6 Å². The van der Waals surface area contributed by atoms with Crippen LogP contribution in [-0.2, 0) is 16.4 Å². The van der Waals surface area contributed by atoms with Crippen LogP contribution in [0.1, 0.15) is 12.0 Å². The highest BCUT2D eigenvalue weighted by atomic mass is 32.2. The lowest BCUT2D eigenvalue weighted by Crippen LogP contribution is -2.54. The zero-order valence-electron chi connectivity index (χ0n) is 16.0. The Bertz CT molecular complexity index is 1020. The number of ether oxygens (including phenoxy) is 2. The average Bonchev–Trinajstić information content (AvgIpc) is 2.72. The van der Waals surface area contributed by atoms with Gasteiger partial charge in [0.25, 0.3) is 10.0 Å². The number of sulfonamides is 1. The highest BCUT2D eigenvalue weighted by Crippen LogP contribution is 2.34. The number of rotatable bonds is 5. The molecular weight excluding hydrogens is 378 g/mol. The molecule has 0 saturated carbocycles. The van der Waals surface area contributed by atoms with Crippen LogP contribution in [0.3, 0.4) is 0 Å². The molecule has 0 unspecified atom stereocenters. The molecule has 2 aliphatic heterocycles. The van der Waals surface area contributed by atoms with Gasteiger partial charge in [0.2, 0.25) is 5.96 Å². The van der Waals surface area contributed by atoms with Gasteiger partial charge < -0.3 is 14.4 Å². The van der Waals surface area contributed by atoms with Crippen molar-refractivity contribution in [3.8, 4) is 11.5 Å². The summed E-state index contributed by atoms with van der Waals surface area (Å²) >= 11 is 0. The quantitative estimate of drug-likeness (QED) is 0.770. The van der Waals surface area contributed by atoms with Crippen LogP contribution in [0.4, 0.5) is 5.69 Å². The Hall–Kier alpha value is -2.74. The molecule has 0 radical (unpaired) electrons. The van der Waals surface area contributed by atoms with E-state index < -0.39 is 10.0 Å². The minimum Gasteiger partial charge on any atom is -0.493 e. The SMILES string of the molecule is COc1ccc(CCN2CCCN3C2=Nc2ccccc2S3(=O)=O)cc1OC. The molecule has 2 aliphatic rings. The maximum absolute atomic E-state index is 13.0. The number of hydrogen-bond donors (Lipinski definition) is 0. The molecule has 1 fully saturated rings. The predicted molar refractivity (Wildman–Crippen MR) is 107 cm³/mol. The summed E-state index contributed by atoms with van der Waals surface area (Å²) in [6.07, 6.45) is 1.52. The molecule has 0 amide bonds. The van der Waals surface area contributed by atoms with Crippen molar-refractivity contribution >= 4 is 21.7 Å². The molecule has 148 valence electrons. The molecule has 28 heavy (non-hydrogen) atoms. The molecule has 2 aromatic carbocycles. The Morgan fingerprint density at radius 1 is 1.04 bits per heavy atom. The van der Waals surface area contributed by atoms with Crippen LogP contribution in [-0.4, -0.2) is 57.4 Å². The summed E-state index contributed by atoms with van der Waals surface area (Å²) in [4.78, 5) is 6.99. The Kier molecular flexibility index (Phi) is 4.89. The van der Waals surface area contributed by atoms with E-state index in [-0.39, 0.29) is 4.90 Å². The van der Waals surface area contributed by atoms with E-state index in [0.29, 0.717) is 36.2 Å². The number of benzene rings is 2. The van der Waals surface area contributed by atoms with E-state index in [9.17, 15) is 8.42 Å². The highest BCUT2D eigenvalue weighted by molar-refractivity contribution is 7.90. The lowest BCUT2D eigenvalue weighted by Gasteiger charge is -2.40. The standard InChI is InChI=1S/C20H23N3O4S/c1-26-17-9-8-15(14-18(17)27-2)10-13-22-11-5-12-23-20(22)21-16-6-3-4-7-19(16)28(23,24)25/h3-4,6-9,14H,5,10-13H2,1-2H3. The van der Waals surface area contributed by atoms with E-state index in [1.165, 1.54) is 4.31 Å². The zero-order chi connectivity index (χ0) is 19.7. The second kappa shape index (κ2) is 7.35. The molecule has 1 saturated heterocycles. The summed E-state index contributed by atoms with van der Waals surface area (Å²) in [6, 6.07) is 12.7. The van der Waals surface area contributed by atoms with Crippen LogP contribution in [0.15, 0.2) is 52.4 Å². The summed E-state index contributed by atoms with van der Waals surface area (Å²) in [5, 5.41) is 0. The van der Waals surface area contributed by atoms with Crippen molar-refractivity contribution in [2.45, 2.75) is 17.7 Å². The molecule has 0 N–H and O–H groups in total. The first-order valence-corrected chi connectivity index (χ1v) is 10.6. The molecule has 0 aromatic heterocycles. The second-order valence-corrected chi connectivity index (χ2v) is 8.57. The van der Waals surface area contributed by atoms with Gasteiger partial charge in [-0.15, -0.1) is 0 Å². The lowest BCUT2D eigenvalue weighted by molar-refractivity contribution is 0.316.